The lowest BCUT2D eigenvalue weighted by Crippen LogP contribution is -2.10. The molecule has 0 bridgehead atoms. The number of nitrogens with zero attached hydrogens (tertiary/aromatic N) is 1. The summed E-state index contributed by atoms with van der Waals surface area (Å²) in [5, 5.41) is -0.224. The van der Waals surface area contributed by atoms with E-state index in [1.807, 2.05) is 0 Å². The molecule has 0 radical (unpaired) electrons. The molecule has 1 heterocycles. The minimum absolute atomic E-state index is 0.181. The van der Waals surface area contributed by atoms with E-state index in [2.05, 4.69) is 4.98 Å². The summed E-state index contributed by atoms with van der Waals surface area (Å²) in [6.07, 6.45) is -4.46. The number of rotatable bonds is 1. The first kappa shape index (κ1) is 11.2. The fourth-order valence-corrected chi connectivity index (χ4v) is 1.22. The third kappa shape index (κ3) is 2.15. The fourth-order valence-electron chi connectivity index (χ4n) is 0.958. The summed E-state index contributed by atoms with van der Waals surface area (Å²) in [5.41, 5.74) is -1.20. The standard InChI is InChI=1S/C8H6ClF4N/c1-2-4-3-5(8(11,12)13)7(10)14-6(4)9/h3H,2H2,1H3. The van der Waals surface area contributed by atoms with Gasteiger partial charge in [0.15, 0.2) is 0 Å². The molecule has 0 fully saturated rings. The second kappa shape index (κ2) is 3.73. The van der Waals surface area contributed by atoms with Crippen molar-refractivity contribution in [2.75, 3.05) is 0 Å². The zero-order valence-corrected chi connectivity index (χ0v) is 7.88. The number of pyridine rings is 1. The van der Waals surface area contributed by atoms with Crippen LogP contribution >= 0.6 is 11.6 Å². The lowest BCUT2D eigenvalue weighted by molar-refractivity contribution is -0.140. The third-order valence-corrected chi connectivity index (χ3v) is 2.02. The van der Waals surface area contributed by atoms with Crippen molar-refractivity contribution in [3.8, 4) is 0 Å². The Morgan fingerprint density at radius 1 is 1.43 bits per heavy atom. The summed E-state index contributed by atoms with van der Waals surface area (Å²) < 4.78 is 49.3. The molecule has 0 amide bonds. The average molecular weight is 228 g/mol. The minimum atomic E-state index is -4.73. The zero-order chi connectivity index (χ0) is 10.9. The molecule has 0 saturated carbocycles. The Labute approximate surface area is 82.7 Å². The van der Waals surface area contributed by atoms with E-state index in [0.29, 0.717) is 6.07 Å². The molecule has 0 spiro atoms. The van der Waals surface area contributed by atoms with Gasteiger partial charge in [0.05, 0.1) is 0 Å². The molecule has 14 heavy (non-hydrogen) atoms. The zero-order valence-electron chi connectivity index (χ0n) is 7.12. The molecule has 1 nitrogen and oxygen atoms in total. The van der Waals surface area contributed by atoms with Crippen molar-refractivity contribution in [2.45, 2.75) is 19.5 Å². The Morgan fingerprint density at radius 3 is 2.43 bits per heavy atom. The van der Waals surface area contributed by atoms with Gasteiger partial charge in [0, 0.05) is 0 Å². The van der Waals surface area contributed by atoms with E-state index in [0.717, 1.165) is 0 Å². The van der Waals surface area contributed by atoms with Crippen molar-refractivity contribution in [3.63, 3.8) is 0 Å². The van der Waals surface area contributed by atoms with Gasteiger partial charge in [-0.1, -0.05) is 18.5 Å². The Kier molecular flexibility index (Phi) is 2.99. The summed E-state index contributed by atoms with van der Waals surface area (Å²) in [4.78, 5) is 2.99. The highest BCUT2D eigenvalue weighted by Crippen LogP contribution is 2.32. The molecular weight excluding hydrogens is 222 g/mol. The number of aromatic nitrogens is 1. The maximum Gasteiger partial charge on any atom is 0.420 e. The van der Waals surface area contributed by atoms with Crippen LogP contribution in [0.4, 0.5) is 17.6 Å². The van der Waals surface area contributed by atoms with Gasteiger partial charge in [0.1, 0.15) is 10.7 Å². The molecule has 0 aliphatic rings. The van der Waals surface area contributed by atoms with Crippen molar-refractivity contribution < 1.29 is 17.6 Å². The van der Waals surface area contributed by atoms with Crippen molar-refractivity contribution in [3.05, 3.63) is 28.3 Å². The summed E-state index contributed by atoms with van der Waals surface area (Å²) in [7, 11) is 0. The van der Waals surface area contributed by atoms with Gasteiger partial charge in [-0.3, -0.25) is 0 Å². The van der Waals surface area contributed by atoms with Crippen LogP contribution in [0.3, 0.4) is 0 Å². The van der Waals surface area contributed by atoms with Crippen molar-refractivity contribution in [2.24, 2.45) is 0 Å². The predicted octanol–water partition coefficient (Wildman–Crippen LogP) is 3.46. The van der Waals surface area contributed by atoms with Crippen LogP contribution < -0.4 is 0 Å². The molecule has 0 N–H and O–H groups in total. The molecular formula is C8H6ClF4N. The molecule has 0 aliphatic carbocycles. The molecule has 0 unspecified atom stereocenters. The van der Waals surface area contributed by atoms with Gasteiger partial charge in [-0.15, -0.1) is 0 Å². The molecule has 1 rings (SSSR count). The van der Waals surface area contributed by atoms with E-state index >= 15 is 0 Å². The quantitative estimate of drug-likeness (QED) is 0.529. The highest BCUT2D eigenvalue weighted by atomic mass is 35.5. The maximum atomic E-state index is 12.7. The van der Waals surface area contributed by atoms with Crippen LogP contribution in [-0.2, 0) is 12.6 Å². The van der Waals surface area contributed by atoms with Gasteiger partial charge in [0.2, 0.25) is 5.95 Å². The Hall–Kier alpha value is -0.840. The Balaban J connectivity index is 3.32. The number of aryl methyl sites for hydroxylation is 1. The largest absolute Gasteiger partial charge is 0.420 e. The first-order valence-electron chi connectivity index (χ1n) is 3.78. The summed E-state index contributed by atoms with van der Waals surface area (Å²) in [6.45, 7) is 1.61. The number of halogens is 5. The molecule has 0 saturated heterocycles. The second-order valence-corrected chi connectivity index (χ2v) is 2.99. The normalized spacial score (nSPS) is 11.9. The summed E-state index contributed by atoms with van der Waals surface area (Å²) >= 11 is 5.43. The fraction of sp³-hybridized carbons (Fsp3) is 0.375. The van der Waals surface area contributed by atoms with Gasteiger partial charge >= 0.3 is 6.18 Å². The highest BCUT2D eigenvalue weighted by molar-refractivity contribution is 6.30. The molecule has 0 aliphatic heterocycles. The SMILES string of the molecule is CCc1cc(C(F)(F)F)c(F)nc1Cl. The van der Waals surface area contributed by atoms with E-state index in [1.165, 1.54) is 0 Å². The van der Waals surface area contributed by atoms with Gasteiger partial charge in [-0.2, -0.15) is 17.6 Å². The molecule has 78 valence electrons. The van der Waals surface area contributed by atoms with E-state index in [1.54, 1.807) is 6.92 Å². The van der Waals surface area contributed by atoms with Gasteiger partial charge in [-0.25, -0.2) is 4.98 Å². The monoisotopic (exact) mass is 227 g/mol. The topological polar surface area (TPSA) is 12.9 Å². The molecule has 6 heteroatoms. The van der Waals surface area contributed by atoms with Crippen LogP contribution in [0.25, 0.3) is 0 Å². The number of hydrogen-bond acceptors (Lipinski definition) is 1. The van der Waals surface area contributed by atoms with Crippen molar-refractivity contribution in [1.29, 1.82) is 0 Å². The predicted molar refractivity (Wildman–Crippen MR) is 43.6 cm³/mol. The first-order valence-corrected chi connectivity index (χ1v) is 4.16. The molecule has 0 atom stereocenters. The number of hydrogen-bond donors (Lipinski definition) is 0. The smallest absolute Gasteiger partial charge is 0.207 e. The van der Waals surface area contributed by atoms with E-state index in [-0.39, 0.29) is 17.1 Å². The van der Waals surface area contributed by atoms with Crippen LogP contribution in [0.1, 0.15) is 18.1 Å². The lowest BCUT2D eigenvalue weighted by Gasteiger charge is -2.09. The second-order valence-electron chi connectivity index (χ2n) is 2.63. The van der Waals surface area contributed by atoms with Crippen LogP contribution in [-0.4, -0.2) is 4.98 Å². The first-order chi connectivity index (χ1) is 6.36. The van der Waals surface area contributed by atoms with E-state index in [4.69, 9.17) is 11.6 Å². The van der Waals surface area contributed by atoms with Gasteiger partial charge in [-0.05, 0) is 18.1 Å². The minimum Gasteiger partial charge on any atom is -0.207 e. The van der Waals surface area contributed by atoms with Gasteiger partial charge in [0.25, 0.3) is 0 Å². The van der Waals surface area contributed by atoms with E-state index in [9.17, 15) is 17.6 Å². The van der Waals surface area contributed by atoms with Crippen LogP contribution in [0, 0.1) is 5.95 Å². The number of alkyl halides is 3. The van der Waals surface area contributed by atoms with Crippen molar-refractivity contribution >= 4 is 11.6 Å². The van der Waals surface area contributed by atoms with Gasteiger partial charge < -0.3 is 0 Å². The highest BCUT2D eigenvalue weighted by Gasteiger charge is 2.35. The van der Waals surface area contributed by atoms with Crippen LogP contribution in [0.15, 0.2) is 6.07 Å². The maximum absolute atomic E-state index is 12.7. The van der Waals surface area contributed by atoms with Crippen molar-refractivity contribution in [1.82, 2.24) is 4.98 Å². The van der Waals surface area contributed by atoms with Crippen LogP contribution in [0.2, 0.25) is 5.15 Å². The van der Waals surface area contributed by atoms with Crippen LogP contribution in [0.5, 0.6) is 0 Å². The molecule has 0 aromatic carbocycles. The Morgan fingerprint density at radius 2 is 2.00 bits per heavy atom. The third-order valence-electron chi connectivity index (χ3n) is 1.69. The lowest BCUT2D eigenvalue weighted by atomic mass is 10.1. The molecule has 1 aromatic heterocycles. The Bertz CT molecular complexity index is 348. The summed E-state index contributed by atoms with van der Waals surface area (Å²) in [5.74, 6) is -1.58. The average Bonchev–Trinajstić information content (AvgIpc) is 2.02. The molecule has 1 aromatic rings. The summed E-state index contributed by atoms with van der Waals surface area (Å²) in [6, 6.07) is 0.685. The van der Waals surface area contributed by atoms with E-state index < -0.39 is 17.7 Å².